The van der Waals surface area contributed by atoms with Gasteiger partial charge in [-0.2, -0.15) is 0 Å². The van der Waals surface area contributed by atoms with Gasteiger partial charge in [0.15, 0.2) is 0 Å². The van der Waals surface area contributed by atoms with E-state index in [2.05, 4.69) is 75.0 Å². The molecule has 0 aromatic carbocycles. The maximum atomic E-state index is 11.6. The topological polar surface area (TPSA) is 226 Å². The molecule has 2 atom stereocenters. The van der Waals surface area contributed by atoms with E-state index >= 15 is 0 Å². The molecule has 0 aromatic heterocycles. The molecule has 8 rings (SSSR count). The first-order valence-electron chi connectivity index (χ1n) is 30.6. The van der Waals surface area contributed by atoms with Gasteiger partial charge in [-0.25, -0.2) is 4.79 Å². The molecule has 19 nitrogen and oxygen atoms in total. The van der Waals surface area contributed by atoms with E-state index in [-0.39, 0.29) is 92.2 Å². The minimum atomic E-state index is -0.508. The molecular weight excluding hydrogens is 1180 g/mol. The van der Waals surface area contributed by atoms with Crippen LogP contribution in [0.2, 0.25) is 0 Å². The van der Waals surface area contributed by atoms with Crippen LogP contribution < -0.4 is 0 Å². The lowest BCUT2D eigenvalue weighted by atomic mass is 9.80. The molecule has 0 radical (unpaired) electrons. The Kier molecular flexibility index (Phi) is 28.2. The minimum Gasteiger partial charge on any atom is -0.486 e. The Bertz CT molecular complexity index is 2940. The van der Waals surface area contributed by atoms with Crippen LogP contribution in [0.25, 0.3) is 0 Å². The molecule has 91 heavy (non-hydrogen) atoms. The maximum absolute atomic E-state index is 11.6. The van der Waals surface area contributed by atoms with Gasteiger partial charge >= 0.3 is 5.97 Å². The van der Waals surface area contributed by atoms with E-state index in [1.54, 1.807) is 60.6 Å². The first-order chi connectivity index (χ1) is 40.8. The van der Waals surface area contributed by atoms with Gasteiger partial charge in [0.2, 0.25) is 11.8 Å². The van der Waals surface area contributed by atoms with Gasteiger partial charge in [0.1, 0.15) is 16.9 Å². The molecule has 20 heteroatoms. The summed E-state index contributed by atoms with van der Waals surface area (Å²) < 4.78 is 10.3. The van der Waals surface area contributed by atoms with E-state index < -0.39 is 28.1 Å². The van der Waals surface area contributed by atoms with E-state index in [9.17, 15) is 52.7 Å². The molecule has 0 saturated carbocycles. The fourth-order valence-corrected chi connectivity index (χ4v) is 9.24. The normalized spacial score (nSPS) is 20.3. The first kappa shape index (κ1) is 81.7. The number of allylic oxidation sites excluding steroid dienone is 1. The number of hydrogen-bond acceptors (Lipinski definition) is 13. The van der Waals surface area contributed by atoms with E-state index in [0.717, 1.165) is 25.3 Å². The number of cyclic esters (lactones) is 1. The Balaban J connectivity index is 0.000000521. The van der Waals surface area contributed by atoms with Crippen molar-refractivity contribution >= 4 is 76.6 Å². The van der Waals surface area contributed by atoms with Crippen LogP contribution >= 0.6 is 11.6 Å². The molecule has 506 valence electrons. The van der Waals surface area contributed by atoms with E-state index in [1.165, 1.54) is 43.9 Å². The van der Waals surface area contributed by atoms with Crippen LogP contribution in [0.3, 0.4) is 0 Å². The highest BCUT2D eigenvalue weighted by Crippen LogP contribution is 2.32. The second-order valence-electron chi connectivity index (χ2n) is 31.0. The highest BCUT2D eigenvalue weighted by atomic mass is 35.5. The molecule has 0 bridgehead atoms. The van der Waals surface area contributed by atoms with Gasteiger partial charge in [0.05, 0.1) is 6.61 Å². The van der Waals surface area contributed by atoms with Gasteiger partial charge in [-0.1, -0.05) is 78.0 Å². The van der Waals surface area contributed by atoms with E-state index in [0.29, 0.717) is 34.8 Å². The predicted molar refractivity (Wildman–Crippen MR) is 358 cm³/mol. The zero-order valence-electron chi connectivity index (χ0n) is 59.9. The second kappa shape index (κ2) is 31.4. The van der Waals surface area contributed by atoms with Gasteiger partial charge in [0.25, 0.3) is 47.3 Å². The number of ether oxygens (including phenoxy) is 2. The fourth-order valence-electron chi connectivity index (χ4n) is 9.07. The number of amides is 10. The van der Waals surface area contributed by atoms with Crippen molar-refractivity contribution in [1.82, 2.24) is 29.4 Å². The molecule has 2 unspecified atom stereocenters. The smallest absolute Gasteiger partial charge is 0.330 e. The molecule has 0 N–H and O–H groups in total. The average molecular weight is 1290 g/mol. The molecule has 0 saturated heterocycles. The third-order valence-corrected chi connectivity index (χ3v) is 14.9. The van der Waals surface area contributed by atoms with Gasteiger partial charge < -0.3 is 19.3 Å². The van der Waals surface area contributed by atoms with Crippen molar-refractivity contribution in [2.24, 2.45) is 16.7 Å². The van der Waals surface area contributed by atoms with Crippen LogP contribution in [0, 0.1) is 16.7 Å². The van der Waals surface area contributed by atoms with E-state index in [1.807, 2.05) is 117 Å². The summed E-state index contributed by atoms with van der Waals surface area (Å²) >= 11 is 5.68. The monoisotopic (exact) mass is 1290 g/mol. The summed E-state index contributed by atoms with van der Waals surface area (Å²) in [6.45, 7) is 59.6. The lowest BCUT2D eigenvalue weighted by Gasteiger charge is -2.36. The number of carbonyl (C=O) groups excluding carboxylic acids is 11. The van der Waals surface area contributed by atoms with Crippen LogP contribution in [-0.4, -0.2) is 153 Å². The number of carbonyl (C=O) groups is 11. The Morgan fingerprint density at radius 2 is 0.846 bits per heavy atom. The number of nitrogens with zero attached hydrogens (tertiary/aromatic N) is 6. The number of esters is 1. The van der Waals surface area contributed by atoms with Crippen LogP contribution in [-0.2, 0) is 62.2 Å². The summed E-state index contributed by atoms with van der Waals surface area (Å²) in [6, 6.07) is 0. The average Bonchev–Trinajstić information content (AvgIpc) is 1.66. The molecule has 0 aliphatic carbocycles. The van der Waals surface area contributed by atoms with Crippen LogP contribution in [0.4, 0.5) is 0 Å². The highest BCUT2D eigenvalue weighted by molar-refractivity contribution is 6.48. The Labute approximate surface area is 548 Å². The molecule has 0 spiro atoms. The zero-order chi connectivity index (χ0) is 71.5. The predicted octanol–water partition coefficient (Wildman–Crippen LogP) is 12.0. The summed E-state index contributed by atoms with van der Waals surface area (Å²) in [7, 11) is 0. The van der Waals surface area contributed by atoms with Crippen molar-refractivity contribution in [2.75, 3.05) is 19.7 Å². The summed E-state index contributed by atoms with van der Waals surface area (Å²) in [5.41, 5.74) is 0.575. The lowest BCUT2D eigenvalue weighted by molar-refractivity contribution is -0.144. The number of hydrogen-bond donors (Lipinski definition) is 0. The van der Waals surface area contributed by atoms with Crippen molar-refractivity contribution in [3.05, 3.63) is 106 Å². The van der Waals surface area contributed by atoms with Crippen LogP contribution in [0.1, 0.15) is 200 Å². The first-order valence-corrected chi connectivity index (χ1v) is 31.0. The number of halogens is 1. The molecule has 8 aliphatic rings. The number of imide groups is 4. The quantitative estimate of drug-likeness (QED) is 0.163. The van der Waals surface area contributed by atoms with Crippen molar-refractivity contribution in [2.45, 2.75) is 240 Å². The largest absolute Gasteiger partial charge is 0.486 e. The Hall–Kier alpha value is -7.28. The number of rotatable bonds is 0. The zero-order valence-corrected chi connectivity index (χ0v) is 60.7. The van der Waals surface area contributed by atoms with E-state index in [4.69, 9.17) is 21.1 Å². The Morgan fingerprint density at radius 3 is 1.07 bits per heavy atom. The van der Waals surface area contributed by atoms with Crippen LogP contribution in [0.5, 0.6) is 0 Å². The SMILES string of the molecule is C=C1C=CC(C(C)(C)C)O1.CC(C)(C)C1C=CC(=O)OC1.CC(C)(C)N1C(=O)C=CC1=O.CC(C)(C)N1CC=CC1=O.CC(C)(C)N1CCC=CC1=O.CC1=C(C)C(=O)N(C(C)(C)C)C1=O.CC1=C(Cl)C(=O)N(C(C)(C)C)C1=O.CC1=CC(=O)N(C(C)(C)C)C1=O. The van der Waals surface area contributed by atoms with Gasteiger partial charge in [-0.15, -0.1) is 0 Å². The van der Waals surface area contributed by atoms with Gasteiger partial charge in [0, 0.05) is 110 Å². The standard InChI is InChI=1S/C10H15NO2.C9H12ClNO2.C9H13NO2.C9H15NO.C9H14O2.C9H14O.C8H11NO2.C8H13NO/c1-6-7(2)9(13)11(8(6)12)10(3,4)5;1-5-6(10)8(13)11(7(5)12)9(2,3)4;1-6-5-7(11)10(8(6)12)9(2,3)4;1-9(2,3)10-7-5-4-6-8(10)11;1-9(2,3)7-4-5-8(10)11-6-7;1-7-5-6-8(10-7)9(2,3)4;1-8(2,3)9-6(10)4-5-7(9)11;1-8(2,3)9-6-4-5-7(9)10/h1-5H3;1-4H3;5H,1-4H3;4,6H,5,7H2,1-3H3;4-5,7H,6H2,1-3H3;5-6,8H,1H2,2-4H3;4-5H,1-3H3;4-5H,6H2,1-3H3. The summed E-state index contributed by atoms with van der Waals surface area (Å²) in [6.07, 6.45) is 19.7. The third-order valence-electron chi connectivity index (χ3n) is 14.5. The summed E-state index contributed by atoms with van der Waals surface area (Å²) in [5, 5.41) is 0.0416. The van der Waals surface area contributed by atoms with Crippen molar-refractivity contribution in [3.63, 3.8) is 0 Å². The minimum absolute atomic E-state index is 0.0259. The fraction of sp³-hybridized carbons (Fsp3) is 0.592. The molecule has 8 aliphatic heterocycles. The molecule has 0 aromatic rings. The summed E-state index contributed by atoms with van der Waals surface area (Å²) in [5.74, 6) is -0.617. The molecular formula is C71H107ClN6O13. The second-order valence-corrected chi connectivity index (χ2v) is 31.4. The maximum Gasteiger partial charge on any atom is 0.330 e. The third kappa shape index (κ3) is 24.0. The van der Waals surface area contributed by atoms with Gasteiger partial charge in [-0.05, 0) is 182 Å². The van der Waals surface area contributed by atoms with Crippen molar-refractivity contribution < 1.29 is 62.2 Å². The molecule has 0 fully saturated rings. The molecule has 10 amide bonds. The lowest BCUT2D eigenvalue weighted by Crippen LogP contribution is -2.46. The summed E-state index contributed by atoms with van der Waals surface area (Å²) in [4.78, 5) is 133. The van der Waals surface area contributed by atoms with Crippen LogP contribution in [0.15, 0.2) is 106 Å². The van der Waals surface area contributed by atoms with Crippen molar-refractivity contribution in [3.8, 4) is 0 Å². The molecule has 8 heterocycles. The van der Waals surface area contributed by atoms with Crippen molar-refractivity contribution in [1.29, 1.82) is 0 Å². The Morgan fingerprint density at radius 1 is 0.429 bits per heavy atom. The highest BCUT2D eigenvalue weighted by Gasteiger charge is 2.43. The van der Waals surface area contributed by atoms with Gasteiger partial charge in [-0.3, -0.25) is 67.5 Å².